The molecule has 2 unspecified atom stereocenters. The molecule has 0 saturated carbocycles. The number of carboxylic acid groups (broad SMARTS) is 1. The van der Waals surface area contributed by atoms with Crippen LogP contribution in [0.25, 0.3) is 0 Å². The second-order valence-electron chi connectivity index (χ2n) is 5.06. The van der Waals surface area contributed by atoms with E-state index in [1.54, 1.807) is 0 Å². The van der Waals surface area contributed by atoms with Crippen LogP contribution in [0.2, 0.25) is 0 Å². The molecule has 3 N–H and O–H groups in total. The van der Waals surface area contributed by atoms with Crippen molar-refractivity contribution in [3.8, 4) is 0 Å². The lowest BCUT2D eigenvalue weighted by molar-refractivity contribution is -0.149. The van der Waals surface area contributed by atoms with Crippen LogP contribution in [-0.2, 0) is 20.7 Å². The lowest BCUT2D eigenvalue weighted by Crippen LogP contribution is -2.34. The first kappa shape index (κ1) is 14.5. The van der Waals surface area contributed by atoms with E-state index in [1.165, 1.54) is 0 Å². The van der Waals surface area contributed by atoms with Crippen LogP contribution in [0.5, 0.6) is 0 Å². The van der Waals surface area contributed by atoms with Crippen LogP contribution < -0.4 is 5.32 Å². The number of nitrogens with zero attached hydrogens (tertiary/aromatic N) is 1. The highest BCUT2D eigenvalue weighted by atomic mass is 16.5. The van der Waals surface area contributed by atoms with Gasteiger partial charge in [-0.15, -0.1) is 0 Å². The quantitative estimate of drug-likeness (QED) is 0.721. The Bertz CT molecular complexity index is 492. The Balaban J connectivity index is 1.78. The van der Waals surface area contributed by atoms with Crippen molar-refractivity contribution in [3.63, 3.8) is 0 Å². The van der Waals surface area contributed by atoms with Crippen LogP contribution in [0.3, 0.4) is 0 Å². The van der Waals surface area contributed by atoms with Gasteiger partial charge in [0.25, 0.3) is 0 Å². The molecule has 7 heteroatoms. The number of hydrogen-bond acceptors (Lipinski definition) is 4. The standard InChI is InChI=1S/C13H19N3O4/c1-7-10(8(2)16-15-7)5-12(17)14-6-9-3-4-11(20-9)13(18)19/h9,11H,3-6H2,1-2H3,(H,14,17)(H,15,16)(H,18,19). The minimum Gasteiger partial charge on any atom is -0.479 e. The van der Waals surface area contributed by atoms with E-state index in [9.17, 15) is 9.59 Å². The predicted molar refractivity (Wildman–Crippen MR) is 70.3 cm³/mol. The van der Waals surface area contributed by atoms with Crippen molar-refractivity contribution >= 4 is 11.9 Å². The molecule has 1 aromatic rings. The monoisotopic (exact) mass is 281 g/mol. The van der Waals surface area contributed by atoms with Gasteiger partial charge in [0.1, 0.15) is 0 Å². The van der Waals surface area contributed by atoms with Crippen LogP contribution in [0.15, 0.2) is 0 Å². The third-order valence-corrected chi connectivity index (χ3v) is 3.53. The first-order chi connectivity index (χ1) is 9.47. The highest BCUT2D eigenvalue weighted by Gasteiger charge is 2.30. The molecular formula is C13H19N3O4. The summed E-state index contributed by atoms with van der Waals surface area (Å²) in [5.41, 5.74) is 2.61. The maximum absolute atomic E-state index is 11.9. The largest absolute Gasteiger partial charge is 0.479 e. The Morgan fingerprint density at radius 1 is 1.45 bits per heavy atom. The average Bonchev–Trinajstić information content (AvgIpc) is 2.98. The van der Waals surface area contributed by atoms with E-state index in [2.05, 4.69) is 15.5 Å². The van der Waals surface area contributed by atoms with Crippen LogP contribution in [0.1, 0.15) is 29.8 Å². The second-order valence-corrected chi connectivity index (χ2v) is 5.06. The summed E-state index contributed by atoms with van der Waals surface area (Å²) in [6.45, 7) is 4.07. The van der Waals surface area contributed by atoms with Crippen molar-refractivity contribution in [2.45, 2.75) is 45.3 Å². The van der Waals surface area contributed by atoms with E-state index < -0.39 is 12.1 Å². The number of H-pyrrole nitrogens is 1. The number of aromatic amines is 1. The summed E-state index contributed by atoms with van der Waals surface area (Å²) < 4.78 is 5.32. The molecule has 1 fully saturated rings. The number of aromatic nitrogens is 2. The Labute approximate surface area is 116 Å². The molecule has 7 nitrogen and oxygen atoms in total. The van der Waals surface area contributed by atoms with Crippen molar-refractivity contribution in [3.05, 3.63) is 17.0 Å². The molecule has 1 aliphatic heterocycles. The molecule has 20 heavy (non-hydrogen) atoms. The molecule has 1 saturated heterocycles. The first-order valence-corrected chi connectivity index (χ1v) is 6.62. The molecule has 2 atom stereocenters. The molecule has 2 heterocycles. The van der Waals surface area contributed by atoms with Crippen LogP contribution in [-0.4, -0.2) is 45.9 Å². The molecule has 0 radical (unpaired) electrons. The van der Waals surface area contributed by atoms with E-state index in [0.717, 1.165) is 17.0 Å². The number of amides is 1. The summed E-state index contributed by atoms with van der Waals surface area (Å²) in [6.07, 6.45) is 0.460. The number of carbonyl (C=O) groups is 2. The fourth-order valence-corrected chi connectivity index (χ4v) is 2.32. The molecule has 1 aliphatic rings. The number of ether oxygens (including phenoxy) is 1. The van der Waals surface area contributed by atoms with E-state index in [-0.39, 0.29) is 18.4 Å². The number of rotatable bonds is 5. The van der Waals surface area contributed by atoms with Crippen molar-refractivity contribution in [2.75, 3.05) is 6.54 Å². The van der Waals surface area contributed by atoms with E-state index in [1.807, 2.05) is 13.8 Å². The van der Waals surface area contributed by atoms with Crippen molar-refractivity contribution in [1.82, 2.24) is 15.5 Å². The van der Waals surface area contributed by atoms with Gasteiger partial charge in [-0.05, 0) is 26.7 Å². The van der Waals surface area contributed by atoms with Gasteiger partial charge in [-0.2, -0.15) is 5.10 Å². The summed E-state index contributed by atoms with van der Waals surface area (Å²) in [6, 6.07) is 0. The van der Waals surface area contributed by atoms with Gasteiger partial charge < -0.3 is 15.2 Å². The predicted octanol–water partition coefficient (Wildman–Crippen LogP) is 0.317. The van der Waals surface area contributed by atoms with E-state index in [0.29, 0.717) is 19.4 Å². The number of carboxylic acids is 1. The minimum absolute atomic E-state index is 0.111. The third kappa shape index (κ3) is 3.36. The summed E-state index contributed by atoms with van der Waals surface area (Å²) in [5.74, 6) is -1.05. The van der Waals surface area contributed by atoms with Gasteiger partial charge in [-0.25, -0.2) is 4.79 Å². The Morgan fingerprint density at radius 2 is 2.20 bits per heavy atom. The fraction of sp³-hybridized carbons (Fsp3) is 0.615. The zero-order valence-corrected chi connectivity index (χ0v) is 11.6. The number of carbonyl (C=O) groups excluding carboxylic acids is 1. The Kier molecular flexibility index (Phi) is 4.39. The molecule has 2 rings (SSSR count). The van der Waals surface area contributed by atoms with Crippen molar-refractivity contribution in [1.29, 1.82) is 0 Å². The SMILES string of the molecule is Cc1n[nH]c(C)c1CC(=O)NCC1CCC(C(=O)O)O1. The Hall–Kier alpha value is -1.89. The molecular weight excluding hydrogens is 262 g/mol. The second kappa shape index (κ2) is 6.04. The smallest absolute Gasteiger partial charge is 0.332 e. The summed E-state index contributed by atoms with van der Waals surface area (Å²) in [4.78, 5) is 22.6. The molecule has 0 spiro atoms. The van der Waals surface area contributed by atoms with Crippen LogP contribution in [0, 0.1) is 13.8 Å². The summed E-state index contributed by atoms with van der Waals surface area (Å²) >= 11 is 0. The molecule has 1 amide bonds. The van der Waals surface area contributed by atoms with Gasteiger partial charge in [0.05, 0.1) is 18.2 Å². The average molecular weight is 281 g/mol. The van der Waals surface area contributed by atoms with Gasteiger partial charge in [-0.1, -0.05) is 0 Å². The normalized spacial score (nSPS) is 21.9. The van der Waals surface area contributed by atoms with Crippen molar-refractivity contribution in [2.24, 2.45) is 0 Å². The number of aryl methyl sites for hydroxylation is 2. The fourth-order valence-electron chi connectivity index (χ4n) is 2.32. The first-order valence-electron chi connectivity index (χ1n) is 6.62. The molecule has 0 aliphatic carbocycles. The van der Waals surface area contributed by atoms with Gasteiger partial charge in [0.15, 0.2) is 6.10 Å². The highest BCUT2D eigenvalue weighted by Crippen LogP contribution is 2.19. The highest BCUT2D eigenvalue weighted by molar-refractivity contribution is 5.79. The zero-order valence-electron chi connectivity index (χ0n) is 11.6. The van der Waals surface area contributed by atoms with Gasteiger partial charge in [0.2, 0.25) is 5.91 Å². The number of aliphatic carboxylic acids is 1. The van der Waals surface area contributed by atoms with Gasteiger partial charge in [0, 0.05) is 17.8 Å². The van der Waals surface area contributed by atoms with Crippen LogP contribution in [0.4, 0.5) is 0 Å². The molecule has 110 valence electrons. The minimum atomic E-state index is -0.941. The molecule has 0 bridgehead atoms. The number of nitrogens with one attached hydrogen (secondary N) is 2. The summed E-state index contributed by atoms with van der Waals surface area (Å²) in [7, 11) is 0. The maximum Gasteiger partial charge on any atom is 0.332 e. The van der Waals surface area contributed by atoms with E-state index in [4.69, 9.17) is 9.84 Å². The maximum atomic E-state index is 11.9. The van der Waals surface area contributed by atoms with Gasteiger partial charge in [-0.3, -0.25) is 9.89 Å². The van der Waals surface area contributed by atoms with Crippen LogP contribution >= 0.6 is 0 Å². The third-order valence-electron chi connectivity index (χ3n) is 3.53. The van der Waals surface area contributed by atoms with Gasteiger partial charge >= 0.3 is 5.97 Å². The lowest BCUT2D eigenvalue weighted by Gasteiger charge is -2.12. The van der Waals surface area contributed by atoms with E-state index >= 15 is 0 Å². The Morgan fingerprint density at radius 3 is 2.75 bits per heavy atom. The lowest BCUT2D eigenvalue weighted by atomic mass is 10.1. The molecule has 0 aromatic carbocycles. The zero-order chi connectivity index (χ0) is 14.7. The number of hydrogen-bond donors (Lipinski definition) is 3. The summed E-state index contributed by atoms with van der Waals surface area (Å²) in [5, 5.41) is 18.5. The molecule has 1 aromatic heterocycles. The topological polar surface area (TPSA) is 104 Å². The van der Waals surface area contributed by atoms with Crippen molar-refractivity contribution < 1.29 is 19.4 Å².